The second-order valence-corrected chi connectivity index (χ2v) is 6.76. The first-order chi connectivity index (χ1) is 9.23. The third kappa shape index (κ3) is 1.87. The van der Waals surface area contributed by atoms with Gasteiger partial charge in [-0.3, -0.25) is 4.79 Å². The third-order valence-corrected chi connectivity index (χ3v) is 5.31. The van der Waals surface area contributed by atoms with Crippen molar-refractivity contribution in [2.75, 3.05) is 0 Å². The number of hydrogen-bond acceptors (Lipinski definition) is 3. The smallest absolute Gasteiger partial charge is 0.318 e. The molecule has 4 saturated carbocycles. The van der Waals surface area contributed by atoms with Crippen LogP contribution in [0.3, 0.4) is 0 Å². The van der Waals surface area contributed by atoms with Crippen LogP contribution in [0.4, 0.5) is 0 Å². The van der Waals surface area contributed by atoms with E-state index in [0.717, 1.165) is 37.0 Å². The van der Waals surface area contributed by atoms with Gasteiger partial charge in [-0.15, -0.1) is 0 Å². The Morgan fingerprint density at radius 1 is 1.11 bits per heavy atom. The number of pyridine rings is 1. The van der Waals surface area contributed by atoms with Crippen LogP contribution < -0.4 is 4.74 Å². The molecule has 0 spiro atoms. The van der Waals surface area contributed by atoms with Crippen molar-refractivity contribution in [3.63, 3.8) is 0 Å². The monoisotopic (exact) mass is 257 g/mol. The van der Waals surface area contributed by atoms with Gasteiger partial charge in [0.05, 0.1) is 5.41 Å². The fourth-order valence-electron chi connectivity index (χ4n) is 4.97. The maximum Gasteiger partial charge on any atom is 0.318 e. The largest absolute Gasteiger partial charge is 0.407 e. The van der Waals surface area contributed by atoms with E-state index in [0.29, 0.717) is 5.88 Å². The normalized spacial score (nSPS) is 39.3. The topological polar surface area (TPSA) is 39.2 Å². The Hall–Kier alpha value is -1.38. The SMILES string of the molecule is O=C(Oc1ccccn1)C12CC3CC(CC(C3)C1)C2. The molecule has 0 aliphatic heterocycles. The highest BCUT2D eigenvalue weighted by atomic mass is 16.5. The molecule has 4 aliphatic rings. The molecule has 0 amide bonds. The Kier molecular flexibility index (Phi) is 2.44. The molecule has 0 atom stereocenters. The fourth-order valence-corrected chi connectivity index (χ4v) is 4.97. The van der Waals surface area contributed by atoms with E-state index < -0.39 is 0 Å². The van der Waals surface area contributed by atoms with Crippen LogP contribution in [0.2, 0.25) is 0 Å². The van der Waals surface area contributed by atoms with E-state index in [1.807, 2.05) is 12.1 Å². The van der Waals surface area contributed by atoms with Crippen molar-refractivity contribution in [2.24, 2.45) is 23.2 Å². The summed E-state index contributed by atoms with van der Waals surface area (Å²) in [6, 6.07) is 5.45. The van der Waals surface area contributed by atoms with Crippen LogP contribution in [0.1, 0.15) is 38.5 Å². The van der Waals surface area contributed by atoms with Gasteiger partial charge >= 0.3 is 5.97 Å². The van der Waals surface area contributed by atoms with Crippen LogP contribution in [0.5, 0.6) is 5.88 Å². The molecule has 0 radical (unpaired) electrons. The van der Waals surface area contributed by atoms with Crippen LogP contribution in [-0.4, -0.2) is 11.0 Å². The number of aromatic nitrogens is 1. The minimum absolute atomic E-state index is 0.0229. The molecule has 4 fully saturated rings. The molecular weight excluding hydrogens is 238 g/mol. The van der Waals surface area contributed by atoms with Gasteiger partial charge in [-0.25, -0.2) is 4.98 Å². The molecule has 3 heteroatoms. The minimum Gasteiger partial charge on any atom is -0.407 e. The van der Waals surface area contributed by atoms with Crippen LogP contribution >= 0.6 is 0 Å². The zero-order chi connectivity index (χ0) is 12.9. The lowest BCUT2D eigenvalue weighted by Crippen LogP contribution is -2.51. The predicted octanol–water partition coefficient (Wildman–Crippen LogP) is 3.20. The van der Waals surface area contributed by atoms with E-state index in [-0.39, 0.29) is 11.4 Å². The van der Waals surface area contributed by atoms with E-state index in [9.17, 15) is 4.79 Å². The first-order valence-electron chi connectivity index (χ1n) is 7.37. The number of nitrogens with zero attached hydrogens (tertiary/aromatic N) is 1. The zero-order valence-corrected chi connectivity index (χ0v) is 11.0. The third-order valence-electron chi connectivity index (χ3n) is 5.31. The molecule has 0 N–H and O–H groups in total. The number of hydrogen-bond donors (Lipinski definition) is 0. The van der Waals surface area contributed by atoms with Gasteiger partial charge in [0.15, 0.2) is 0 Å². The summed E-state index contributed by atoms with van der Waals surface area (Å²) in [5, 5.41) is 0. The molecular formula is C16H19NO2. The van der Waals surface area contributed by atoms with Crippen molar-refractivity contribution in [3.8, 4) is 5.88 Å². The van der Waals surface area contributed by atoms with Gasteiger partial charge in [-0.05, 0) is 62.3 Å². The van der Waals surface area contributed by atoms with E-state index in [1.54, 1.807) is 12.3 Å². The second-order valence-electron chi connectivity index (χ2n) is 6.76. The summed E-state index contributed by atoms with van der Waals surface area (Å²) < 4.78 is 5.55. The van der Waals surface area contributed by atoms with Gasteiger partial charge in [0.1, 0.15) is 0 Å². The van der Waals surface area contributed by atoms with Crippen LogP contribution in [-0.2, 0) is 4.79 Å². The Labute approximate surface area is 113 Å². The van der Waals surface area contributed by atoms with Gasteiger partial charge in [0.25, 0.3) is 0 Å². The molecule has 5 rings (SSSR count). The molecule has 1 aromatic heterocycles. The fraction of sp³-hybridized carbons (Fsp3) is 0.625. The summed E-state index contributed by atoms with van der Waals surface area (Å²) >= 11 is 0. The first kappa shape index (κ1) is 11.4. The van der Waals surface area contributed by atoms with Gasteiger partial charge in [0, 0.05) is 12.3 Å². The van der Waals surface area contributed by atoms with E-state index >= 15 is 0 Å². The quantitative estimate of drug-likeness (QED) is 0.764. The summed E-state index contributed by atoms with van der Waals surface area (Å²) in [7, 11) is 0. The van der Waals surface area contributed by atoms with Crippen molar-refractivity contribution < 1.29 is 9.53 Å². The highest BCUT2D eigenvalue weighted by Gasteiger charge is 2.55. The van der Waals surface area contributed by atoms with E-state index in [4.69, 9.17) is 4.74 Å². The number of esters is 1. The van der Waals surface area contributed by atoms with Crippen molar-refractivity contribution >= 4 is 5.97 Å². The van der Waals surface area contributed by atoms with Gasteiger partial charge < -0.3 is 4.74 Å². The van der Waals surface area contributed by atoms with Gasteiger partial charge in [-0.2, -0.15) is 0 Å². The highest BCUT2D eigenvalue weighted by Crippen LogP contribution is 2.60. The lowest BCUT2D eigenvalue weighted by molar-refractivity contribution is -0.161. The lowest BCUT2D eigenvalue weighted by atomic mass is 9.49. The summed E-state index contributed by atoms with van der Waals surface area (Å²) in [6.07, 6.45) is 8.84. The van der Waals surface area contributed by atoms with E-state index in [2.05, 4.69) is 4.98 Å². The second kappa shape index (κ2) is 4.06. The molecule has 1 aromatic rings. The Morgan fingerprint density at radius 2 is 1.74 bits per heavy atom. The minimum atomic E-state index is -0.188. The number of carbonyl (C=O) groups is 1. The Morgan fingerprint density at radius 3 is 2.26 bits per heavy atom. The first-order valence-corrected chi connectivity index (χ1v) is 7.37. The van der Waals surface area contributed by atoms with Crippen molar-refractivity contribution in [1.82, 2.24) is 4.98 Å². The van der Waals surface area contributed by atoms with Gasteiger partial charge in [-0.1, -0.05) is 6.07 Å². The van der Waals surface area contributed by atoms with Crippen LogP contribution in [0, 0.1) is 23.2 Å². The molecule has 100 valence electrons. The highest BCUT2D eigenvalue weighted by molar-refractivity contribution is 5.79. The average molecular weight is 257 g/mol. The van der Waals surface area contributed by atoms with Crippen LogP contribution in [0.15, 0.2) is 24.4 Å². The molecule has 0 unspecified atom stereocenters. The number of carbonyl (C=O) groups excluding carboxylic acids is 1. The summed E-state index contributed by atoms with van der Waals surface area (Å²) in [5.74, 6) is 2.72. The maximum atomic E-state index is 12.6. The standard InChI is InChI=1S/C16H19NO2/c18-15(19-14-3-1-2-4-17-14)16-8-11-5-12(9-16)7-13(6-11)10-16/h1-4,11-13H,5-10H2. The Bertz CT molecular complexity index is 461. The molecule has 0 saturated heterocycles. The molecule has 4 aliphatic carbocycles. The van der Waals surface area contributed by atoms with E-state index in [1.165, 1.54) is 19.3 Å². The lowest BCUT2D eigenvalue weighted by Gasteiger charge is -2.55. The maximum absolute atomic E-state index is 12.6. The summed E-state index contributed by atoms with van der Waals surface area (Å²) in [5.41, 5.74) is -0.188. The molecule has 0 aromatic carbocycles. The Balaban J connectivity index is 1.56. The van der Waals surface area contributed by atoms with Crippen molar-refractivity contribution in [1.29, 1.82) is 0 Å². The predicted molar refractivity (Wildman–Crippen MR) is 70.5 cm³/mol. The van der Waals surface area contributed by atoms with Crippen molar-refractivity contribution in [2.45, 2.75) is 38.5 Å². The zero-order valence-electron chi connectivity index (χ0n) is 11.0. The molecule has 19 heavy (non-hydrogen) atoms. The average Bonchev–Trinajstić information content (AvgIpc) is 2.38. The molecule has 4 bridgehead atoms. The van der Waals surface area contributed by atoms with Crippen LogP contribution in [0.25, 0.3) is 0 Å². The van der Waals surface area contributed by atoms with Crippen molar-refractivity contribution in [3.05, 3.63) is 24.4 Å². The summed E-state index contributed by atoms with van der Waals surface area (Å²) in [4.78, 5) is 16.7. The number of rotatable bonds is 2. The van der Waals surface area contributed by atoms with Gasteiger partial charge in [0.2, 0.25) is 5.88 Å². The number of ether oxygens (including phenoxy) is 1. The summed E-state index contributed by atoms with van der Waals surface area (Å²) in [6.45, 7) is 0. The molecule has 3 nitrogen and oxygen atoms in total. The molecule has 1 heterocycles.